The van der Waals surface area contributed by atoms with Crippen LogP contribution in [0.5, 0.6) is 5.75 Å². The van der Waals surface area contributed by atoms with Gasteiger partial charge in [-0.05, 0) is 29.8 Å². The third-order valence-corrected chi connectivity index (χ3v) is 2.91. The largest absolute Gasteiger partial charge is 0.507 e. The standard InChI is InChI=1S/C15H15FN2O2/c1-18(9-10-3-2-4-12(17)7-10)15(20)13-6-5-11(16)8-14(13)19/h2-8,19H,9,17H2,1H3. The van der Waals surface area contributed by atoms with Gasteiger partial charge in [-0.15, -0.1) is 0 Å². The van der Waals surface area contributed by atoms with E-state index < -0.39 is 5.82 Å². The number of nitrogens with zero attached hydrogens (tertiary/aromatic N) is 1. The maximum Gasteiger partial charge on any atom is 0.257 e. The number of phenols is 1. The van der Waals surface area contributed by atoms with Crippen LogP contribution in [0.1, 0.15) is 15.9 Å². The van der Waals surface area contributed by atoms with Crippen LogP contribution >= 0.6 is 0 Å². The number of phenolic OH excluding ortho intramolecular Hbond substituents is 1. The molecule has 1 amide bonds. The lowest BCUT2D eigenvalue weighted by molar-refractivity contribution is 0.0782. The number of carbonyl (C=O) groups is 1. The number of amides is 1. The predicted octanol–water partition coefficient (Wildman–Crippen LogP) is 2.39. The number of aromatic hydroxyl groups is 1. The summed E-state index contributed by atoms with van der Waals surface area (Å²) in [6.45, 7) is 0.348. The van der Waals surface area contributed by atoms with Gasteiger partial charge in [0.25, 0.3) is 5.91 Å². The van der Waals surface area contributed by atoms with E-state index >= 15 is 0 Å². The normalized spacial score (nSPS) is 10.3. The van der Waals surface area contributed by atoms with E-state index in [1.54, 1.807) is 25.2 Å². The van der Waals surface area contributed by atoms with Gasteiger partial charge < -0.3 is 15.7 Å². The Morgan fingerprint density at radius 3 is 2.70 bits per heavy atom. The number of anilines is 1. The van der Waals surface area contributed by atoms with Gasteiger partial charge in [0, 0.05) is 25.3 Å². The van der Waals surface area contributed by atoms with Crippen molar-refractivity contribution in [1.29, 1.82) is 0 Å². The van der Waals surface area contributed by atoms with Crippen molar-refractivity contribution in [3.63, 3.8) is 0 Å². The molecule has 0 unspecified atom stereocenters. The number of rotatable bonds is 3. The fraction of sp³-hybridized carbons (Fsp3) is 0.133. The fourth-order valence-corrected chi connectivity index (χ4v) is 1.93. The molecule has 104 valence electrons. The first kappa shape index (κ1) is 13.9. The Hall–Kier alpha value is -2.56. The molecule has 2 aromatic rings. The maximum absolute atomic E-state index is 12.9. The number of hydrogen-bond donors (Lipinski definition) is 2. The van der Waals surface area contributed by atoms with Gasteiger partial charge in [0.05, 0.1) is 5.56 Å². The molecule has 2 aromatic carbocycles. The minimum atomic E-state index is -0.586. The first-order chi connectivity index (χ1) is 9.47. The van der Waals surface area contributed by atoms with Crippen molar-refractivity contribution in [2.24, 2.45) is 0 Å². The van der Waals surface area contributed by atoms with Crippen LogP contribution in [0.15, 0.2) is 42.5 Å². The molecule has 0 atom stereocenters. The molecular weight excluding hydrogens is 259 g/mol. The highest BCUT2D eigenvalue weighted by molar-refractivity contribution is 5.96. The van der Waals surface area contributed by atoms with Crippen LogP contribution in [0, 0.1) is 5.82 Å². The summed E-state index contributed by atoms with van der Waals surface area (Å²) >= 11 is 0. The molecule has 4 nitrogen and oxygen atoms in total. The quantitative estimate of drug-likeness (QED) is 0.844. The van der Waals surface area contributed by atoms with Crippen molar-refractivity contribution in [3.8, 4) is 5.75 Å². The van der Waals surface area contributed by atoms with E-state index in [0.717, 1.165) is 17.7 Å². The predicted molar refractivity (Wildman–Crippen MR) is 74.7 cm³/mol. The monoisotopic (exact) mass is 274 g/mol. The van der Waals surface area contributed by atoms with Gasteiger partial charge in [0.2, 0.25) is 0 Å². The highest BCUT2D eigenvalue weighted by Crippen LogP contribution is 2.20. The summed E-state index contributed by atoms with van der Waals surface area (Å²) in [6, 6.07) is 10.5. The van der Waals surface area contributed by atoms with Crippen LogP contribution in [0.25, 0.3) is 0 Å². The zero-order valence-electron chi connectivity index (χ0n) is 11.0. The number of halogens is 1. The topological polar surface area (TPSA) is 66.6 Å². The molecule has 0 heterocycles. The zero-order chi connectivity index (χ0) is 14.7. The van der Waals surface area contributed by atoms with Crippen molar-refractivity contribution in [2.45, 2.75) is 6.54 Å². The Kier molecular flexibility index (Phi) is 3.89. The third kappa shape index (κ3) is 3.06. The Bertz CT molecular complexity index is 644. The maximum atomic E-state index is 12.9. The average Bonchev–Trinajstić information content (AvgIpc) is 2.38. The summed E-state index contributed by atoms with van der Waals surface area (Å²) in [6.07, 6.45) is 0. The minimum Gasteiger partial charge on any atom is -0.507 e. The summed E-state index contributed by atoms with van der Waals surface area (Å²) in [5, 5.41) is 9.61. The number of nitrogens with two attached hydrogens (primary N) is 1. The molecule has 2 rings (SSSR count). The molecule has 0 saturated carbocycles. The third-order valence-electron chi connectivity index (χ3n) is 2.91. The molecule has 0 aliphatic rings. The molecule has 20 heavy (non-hydrogen) atoms. The Morgan fingerprint density at radius 2 is 2.05 bits per heavy atom. The van der Waals surface area contributed by atoms with E-state index in [9.17, 15) is 14.3 Å². The lowest BCUT2D eigenvalue weighted by Gasteiger charge is -2.18. The lowest BCUT2D eigenvalue weighted by Crippen LogP contribution is -2.26. The molecule has 3 N–H and O–H groups in total. The molecule has 0 spiro atoms. The molecule has 0 bridgehead atoms. The van der Waals surface area contributed by atoms with Crippen LogP contribution in [0.4, 0.5) is 10.1 Å². The average molecular weight is 274 g/mol. The number of nitrogen functional groups attached to an aromatic ring is 1. The van der Waals surface area contributed by atoms with Crippen molar-refractivity contribution in [3.05, 3.63) is 59.4 Å². The molecule has 5 heteroatoms. The van der Waals surface area contributed by atoms with Gasteiger partial charge in [0.15, 0.2) is 0 Å². The van der Waals surface area contributed by atoms with E-state index in [1.807, 2.05) is 6.07 Å². The van der Waals surface area contributed by atoms with Crippen LogP contribution in [0.3, 0.4) is 0 Å². The SMILES string of the molecule is CN(Cc1cccc(N)c1)C(=O)c1ccc(F)cc1O. The summed E-state index contributed by atoms with van der Waals surface area (Å²) in [5.41, 5.74) is 7.24. The van der Waals surface area contributed by atoms with Crippen molar-refractivity contribution in [1.82, 2.24) is 4.90 Å². The van der Waals surface area contributed by atoms with Crippen LogP contribution in [-0.2, 0) is 6.54 Å². The van der Waals surface area contributed by atoms with E-state index in [0.29, 0.717) is 12.2 Å². The minimum absolute atomic E-state index is 0.0674. The second-order valence-corrected chi connectivity index (χ2v) is 4.57. The highest BCUT2D eigenvalue weighted by Gasteiger charge is 2.16. The van der Waals surface area contributed by atoms with Crippen LogP contribution in [-0.4, -0.2) is 23.0 Å². The lowest BCUT2D eigenvalue weighted by atomic mass is 10.1. The van der Waals surface area contributed by atoms with Crippen LogP contribution < -0.4 is 5.73 Å². The van der Waals surface area contributed by atoms with Crippen molar-refractivity contribution < 1.29 is 14.3 Å². The number of carbonyl (C=O) groups excluding carboxylic acids is 1. The summed E-state index contributed by atoms with van der Waals surface area (Å²) in [5.74, 6) is -1.34. The number of hydrogen-bond acceptors (Lipinski definition) is 3. The van der Waals surface area contributed by atoms with E-state index in [4.69, 9.17) is 5.73 Å². The van der Waals surface area contributed by atoms with Gasteiger partial charge in [0.1, 0.15) is 11.6 Å². The summed E-state index contributed by atoms with van der Waals surface area (Å²) in [7, 11) is 1.61. The fourth-order valence-electron chi connectivity index (χ4n) is 1.93. The summed E-state index contributed by atoms with van der Waals surface area (Å²) < 4.78 is 12.9. The van der Waals surface area contributed by atoms with Gasteiger partial charge in [-0.1, -0.05) is 12.1 Å². The smallest absolute Gasteiger partial charge is 0.257 e. The molecule has 0 fully saturated rings. The van der Waals surface area contributed by atoms with Crippen molar-refractivity contribution >= 4 is 11.6 Å². The number of benzene rings is 2. The van der Waals surface area contributed by atoms with Gasteiger partial charge in [-0.2, -0.15) is 0 Å². The first-order valence-electron chi connectivity index (χ1n) is 6.06. The second-order valence-electron chi connectivity index (χ2n) is 4.57. The zero-order valence-corrected chi connectivity index (χ0v) is 11.0. The van der Waals surface area contributed by atoms with Gasteiger partial charge in [-0.25, -0.2) is 4.39 Å². The molecule has 0 saturated heterocycles. The molecular formula is C15H15FN2O2. The molecule has 0 radical (unpaired) electrons. The Balaban J connectivity index is 2.16. The molecule has 0 aromatic heterocycles. The van der Waals surface area contributed by atoms with Gasteiger partial charge >= 0.3 is 0 Å². The van der Waals surface area contributed by atoms with Crippen molar-refractivity contribution in [2.75, 3.05) is 12.8 Å². The summed E-state index contributed by atoms with van der Waals surface area (Å²) in [4.78, 5) is 13.6. The van der Waals surface area contributed by atoms with Crippen LogP contribution in [0.2, 0.25) is 0 Å². The Morgan fingerprint density at radius 1 is 1.30 bits per heavy atom. The Labute approximate surface area is 116 Å². The van der Waals surface area contributed by atoms with E-state index in [2.05, 4.69) is 0 Å². The van der Waals surface area contributed by atoms with Gasteiger partial charge in [-0.3, -0.25) is 4.79 Å². The first-order valence-corrected chi connectivity index (χ1v) is 6.06. The van der Waals surface area contributed by atoms with E-state index in [1.165, 1.54) is 11.0 Å². The highest BCUT2D eigenvalue weighted by atomic mass is 19.1. The molecule has 0 aliphatic carbocycles. The van der Waals surface area contributed by atoms with E-state index in [-0.39, 0.29) is 17.2 Å². The second kappa shape index (κ2) is 5.61. The molecule has 0 aliphatic heterocycles.